The number of rotatable bonds is 4. The first-order chi connectivity index (χ1) is 7.96. The number of aromatic nitrogens is 1. The van der Waals surface area contributed by atoms with Crippen LogP contribution >= 0.6 is 23.1 Å². The van der Waals surface area contributed by atoms with Crippen molar-refractivity contribution in [1.29, 1.82) is 0 Å². The third-order valence-electron chi connectivity index (χ3n) is 2.21. The van der Waals surface area contributed by atoms with E-state index in [0.29, 0.717) is 0 Å². The van der Waals surface area contributed by atoms with Gasteiger partial charge in [0.05, 0.1) is 16.6 Å². The lowest BCUT2D eigenvalue weighted by atomic mass is 10.1. The summed E-state index contributed by atoms with van der Waals surface area (Å²) in [5.74, 6) is -0.774. The minimum Gasteiger partial charge on any atom is -0.481 e. The highest BCUT2D eigenvalue weighted by atomic mass is 32.2. The third-order valence-corrected chi connectivity index (χ3v) is 4.51. The average Bonchev–Trinajstić information content (AvgIpc) is 2.55. The number of hydrogen-bond acceptors (Lipinski definition) is 4. The maximum Gasteiger partial charge on any atom is 0.304 e. The quantitative estimate of drug-likeness (QED) is 0.859. The van der Waals surface area contributed by atoms with Gasteiger partial charge in [0.1, 0.15) is 0 Å². The molecule has 0 spiro atoms. The highest BCUT2D eigenvalue weighted by Crippen LogP contribution is 2.38. The lowest BCUT2D eigenvalue weighted by molar-refractivity contribution is -0.137. The number of nitrogens with zero attached hydrogens (tertiary/aromatic N) is 1. The molecule has 0 amide bonds. The van der Waals surface area contributed by atoms with Crippen molar-refractivity contribution in [2.75, 3.05) is 0 Å². The summed E-state index contributed by atoms with van der Waals surface area (Å²) in [5.41, 5.74) is 0.978. The number of thioether (sulfide) groups is 1. The third kappa shape index (κ3) is 3.20. The number of fused-ring (bicyclic) bond motifs is 1. The van der Waals surface area contributed by atoms with Gasteiger partial charge >= 0.3 is 5.97 Å². The van der Waals surface area contributed by atoms with E-state index in [1.807, 2.05) is 38.1 Å². The number of carboxylic acid groups (broad SMARTS) is 1. The zero-order valence-electron chi connectivity index (χ0n) is 9.64. The van der Waals surface area contributed by atoms with Gasteiger partial charge in [0, 0.05) is 4.75 Å². The molecule has 0 unspecified atom stereocenters. The van der Waals surface area contributed by atoms with Crippen LogP contribution in [-0.2, 0) is 4.79 Å². The van der Waals surface area contributed by atoms with Gasteiger partial charge < -0.3 is 5.11 Å². The SMILES string of the molecule is CC(C)(CC(=O)O)Sc1nc2ccccc2s1. The van der Waals surface area contributed by atoms with E-state index in [9.17, 15) is 4.79 Å². The summed E-state index contributed by atoms with van der Waals surface area (Å²) in [6, 6.07) is 7.94. The molecule has 2 rings (SSSR count). The number of hydrogen-bond donors (Lipinski definition) is 1. The second kappa shape index (κ2) is 4.66. The zero-order valence-corrected chi connectivity index (χ0v) is 11.3. The van der Waals surface area contributed by atoms with Gasteiger partial charge in [-0.05, 0) is 26.0 Å². The van der Waals surface area contributed by atoms with Crippen LogP contribution in [-0.4, -0.2) is 20.8 Å². The minimum atomic E-state index is -0.774. The Kier molecular flexibility index (Phi) is 3.40. The topological polar surface area (TPSA) is 50.2 Å². The van der Waals surface area contributed by atoms with E-state index in [0.717, 1.165) is 14.6 Å². The molecule has 0 bridgehead atoms. The lowest BCUT2D eigenvalue weighted by Crippen LogP contribution is -2.19. The highest BCUT2D eigenvalue weighted by molar-refractivity contribution is 8.02. The first kappa shape index (κ1) is 12.4. The molecule has 1 heterocycles. The normalized spacial score (nSPS) is 11.9. The van der Waals surface area contributed by atoms with Crippen LogP contribution in [0.1, 0.15) is 20.3 Å². The van der Waals surface area contributed by atoms with Crippen LogP contribution in [0.3, 0.4) is 0 Å². The molecule has 1 aromatic heterocycles. The highest BCUT2D eigenvalue weighted by Gasteiger charge is 2.24. The molecular weight excluding hydrogens is 254 g/mol. The first-order valence-corrected chi connectivity index (χ1v) is 6.86. The van der Waals surface area contributed by atoms with Crippen molar-refractivity contribution in [3.05, 3.63) is 24.3 Å². The van der Waals surface area contributed by atoms with Crippen LogP contribution in [0.15, 0.2) is 28.6 Å². The van der Waals surface area contributed by atoms with Gasteiger partial charge in [0.15, 0.2) is 4.34 Å². The van der Waals surface area contributed by atoms with Crippen molar-refractivity contribution in [2.45, 2.75) is 29.4 Å². The van der Waals surface area contributed by atoms with Crippen molar-refractivity contribution in [3.8, 4) is 0 Å². The Morgan fingerprint density at radius 1 is 1.47 bits per heavy atom. The standard InChI is InChI=1S/C12H13NO2S2/c1-12(2,7-10(14)15)17-11-13-8-5-3-4-6-9(8)16-11/h3-6H,7H2,1-2H3,(H,14,15). The van der Waals surface area contributed by atoms with E-state index in [2.05, 4.69) is 4.98 Å². The lowest BCUT2D eigenvalue weighted by Gasteiger charge is -2.19. The average molecular weight is 267 g/mol. The zero-order chi connectivity index (χ0) is 12.5. The molecule has 0 aliphatic rings. The Morgan fingerprint density at radius 2 is 2.18 bits per heavy atom. The largest absolute Gasteiger partial charge is 0.481 e. The summed E-state index contributed by atoms with van der Waals surface area (Å²) in [5, 5.41) is 8.84. The van der Waals surface area contributed by atoms with Gasteiger partial charge in [-0.25, -0.2) is 4.98 Å². The molecular formula is C12H13NO2S2. The van der Waals surface area contributed by atoms with Crippen LogP contribution < -0.4 is 0 Å². The van der Waals surface area contributed by atoms with Crippen LogP contribution in [0.4, 0.5) is 0 Å². The maximum absolute atomic E-state index is 10.7. The van der Waals surface area contributed by atoms with E-state index in [-0.39, 0.29) is 11.2 Å². The summed E-state index contributed by atoms with van der Waals surface area (Å²) in [7, 11) is 0. The van der Waals surface area contributed by atoms with Crippen LogP contribution in [0.2, 0.25) is 0 Å². The van der Waals surface area contributed by atoms with Gasteiger partial charge in [-0.2, -0.15) is 0 Å². The number of benzene rings is 1. The Morgan fingerprint density at radius 3 is 2.82 bits per heavy atom. The predicted molar refractivity (Wildman–Crippen MR) is 71.8 cm³/mol. The van der Waals surface area contributed by atoms with Crippen molar-refractivity contribution < 1.29 is 9.90 Å². The summed E-state index contributed by atoms with van der Waals surface area (Å²) < 4.78 is 1.73. The second-order valence-corrected chi connectivity index (χ2v) is 7.36. The van der Waals surface area contributed by atoms with Crippen molar-refractivity contribution in [1.82, 2.24) is 4.98 Å². The van der Waals surface area contributed by atoms with Crippen LogP contribution in [0.5, 0.6) is 0 Å². The molecule has 5 heteroatoms. The second-order valence-electron chi connectivity index (χ2n) is 4.38. The van der Waals surface area contributed by atoms with Crippen LogP contribution in [0, 0.1) is 0 Å². The smallest absolute Gasteiger partial charge is 0.304 e. The molecule has 2 aromatic rings. The van der Waals surface area contributed by atoms with Crippen molar-refractivity contribution in [3.63, 3.8) is 0 Å². The molecule has 0 saturated carbocycles. The molecule has 0 radical (unpaired) electrons. The van der Waals surface area contributed by atoms with Gasteiger partial charge in [-0.1, -0.05) is 23.9 Å². The first-order valence-electron chi connectivity index (χ1n) is 5.23. The van der Waals surface area contributed by atoms with E-state index in [1.165, 1.54) is 11.8 Å². The molecule has 90 valence electrons. The van der Waals surface area contributed by atoms with Gasteiger partial charge in [0.2, 0.25) is 0 Å². The van der Waals surface area contributed by atoms with Gasteiger partial charge in [-0.15, -0.1) is 11.3 Å². The molecule has 1 N–H and O–H groups in total. The fraction of sp³-hybridized carbons (Fsp3) is 0.333. The van der Waals surface area contributed by atoms with E-state index < -0.39 is 5.97 Å². The van der Waals surface area contributed by atoms with E-state index in [1.54, 1.807) is 11.3 Å². The molecule has 17 heavy (non-hydrogen) atoms. The Labute approximate surface area is 108 Å². The molecule has 0 saturated heterocycles. The molecule has 0 atom stereocenters. The molecule has 0 aliphatic heterocycles. The molecule has 3 nitrogen and oxygen atoms in total. The fourth-order valence-electron chi connectivity index (χ4n) is 1.53. The van der Waals surface area contributed by atoms with Gasteiger partial charge in [-0.3, -0.25) is 4.79 Å². The van der Waals surface area contributed by atoms with Gasteiger partial charge in [0.25, 0.3) is 0 Å². The molecule has 0 aliphatic carbocycles. The number of para-hydroxylation sites is 1. The van der Waals surface area contributed by atoms with E-state index >= 15 is 0 Å². The van der Waals surface area contributed by atoms with Crippen molar-refractivity contribution in [2.24, 2.45) is 0 Å². The summed E-state index contributed by atoms with van der Waals surface area (Å²) in [4.78, 5) is 15.2. The molecule has 0 fully saturated rings. The number of carboxylic acids is 1. The van der Waals surface area contributed by atoms with E-state index in [4.69, 9.17) is 5.11 Å². The minimum absolute atomic E-state index is 0.133. The summed E-state index contributed by atoms with van der Waals surface area (Å²) in [6.07, 6.45) is 0.133. The fourth-order valence-corrected chi connectivity index (χ4v) is 4.15. The monoisotopic (exact) mass is 267 g/mol. The Hall–Kier alpha value is -1.07. The number of carbonyl (C=O) groups is 1. The maximum atomic E-state index is 10.7. The predicted octanol–water partition coefficient (Wildman–Crippen LogP) is 3.64. The summed E-state index contributed by atoms with van der Waals surface area (Å²) >= 11 is 3.14. The molecule has 1 aromatic carbocycles. The number of aliphatic carboxylic acids is 1. The van der Waals surface area contributed by atoms with Crippen molar-refractivity contribution >= 4 is 39.3 Å². The summed E-state index contributed by atoms with van der Waals surface area (Å²) in [6.45, 7) is 3.86. The Balaban J connectivity index is 2.20. The number of thiazole rings is 1. The Bertz CT molecular complexity index is 515. The van der Waals surface area contributed by atoms with Crippen LogP contribution in [0.25, 0.3) is 10.2 Å².